The molecule has 0 aliphatic carbocycles. The third kappa shape index (κ3) is 2.80. The number of rotatable bonds is 1. The lowest BCUT2D eigenvalue weighted by atomic mass is 10.3. The van der Waals surface area contributed by atoms with Crippen molar-refractivity contribution in [2.24, 2.45) is 5.73 Å². The van der Waals surface area contributed by atoms with E-state index in [1.165, 1.54) is 7.05 Å². The molecule has 0 aromatic carbocycles. The number of amides is 1. The number of nitrogens with two attached hydrogens (primary N) is 1. The normalized spacial score (nSPS) is 23.5. The zero-order valence-corrected chi connectivity index (χ0v) is 6.16. The molecule has 0 aromatic rings. The molecule has 1 heterocycles. The van der Waals surface area contributed by atoms with Crippen LogP contribution in [0.25, 0.3) is 0 Å². The van der Waals surface area contributed by atoms with E-state index >= 15 is 0 Å². The highest BCUT2D eigenvalue weighted by Gasteiger charge is 2.17. The quantitative estimate of drug-likeness (QED) is 0.456. The summed E-state index contributed by atoms with van der Waals surface area (Å²) in [6.07, 6.45) is 1.23. The predicted octanol–water partition coefficient (Wildman–Crippen LogP) is -1.22. The molecule has 10 heavy (non-hydrogen) atoms. The number of hydrogen-bond acceptors (Lipinski definition) is 3. The molecule has 0 bridgehead atoms. The van der Waals surface area contributed by atoms with Crippen LogP contribution in [-0.4, -0.2) is 42.7 Å². The van der Waals surface area contributed by atoms with Gasteiger partial charge in [-0.3, -0.25) is 4.79 Å². The fourth-order valence-electron chi connectivity index (χ4n) is 0.864. The molecule has 1 aliphatic rings. The van der Waals surface area contributed by atoms with Gasteiger partial charge in [-0.2, -0.15) is 0 Å². The molecule has 1 saturated heterocycles. The lowest BCUT2D eigenvalue weighted by Crippen LogP contribution is -2.19. The minimum atomic E-state index is -0.278. The number of aliphatic hydroxyl groups is 1. The monoisotopic (exact) mass is 146 g/mol. The molecule has 1 fully saturated rings. The number of carbonyl (C=O) groups excluding carboxylic acids is 1. The first-order valence-corrected chi connectivity index (χ1v) is 3.28. The van der Waals surface area contributed by atoms with Crippen LogP contribution in [0.4, 0.5) is 0 Å². The Morgan fingerprint density at radius 2 is 2.30 bits per heavy atom. The smallest absolute Gasteiger partial charge is 0.209 e. The van der Waals surface area contributed by atoms with Crippen LogP contribution in [0.15, 0.2) is 0 Å². The molecule has 0 radical (unpaired) electrons. The number of hydrogen-bond donors (Lipinski definition) is 2. The standard InChI is InChI=1S/C5H9NO2.CH5N/c7-4-6-2-1-5(8)3-6;1-2/h4-5,8H,1-3H2;2H2,1H3. The molecule has 0 aromatic heterocycles. The van der Waals surface area contributed by atoms with E-state index in [1.807, 2.05) is 0 Å². The Hall–Kier alpha value is -0.610. The molecule has 4 nitrogen and oxygen atoms in total. The van der Waals surface area contributed by atoms with Gasteiger partial charge in [0, 0.05) is 13.1 Å². The lowest BCUT2D eigenvalue weighted by Gasteiger charge is -2.04. The van der Waals surface area contributed by atoms with E-state index in [1.54, 1.807) is 4.90 Å². The Labute approximate surface area is 60.6 Å². The molecule has 1 rings (SSSR count). The highest BCUT2D eigenvalue weighted by molar-refractivity contribution is 5.47. The van der Waals surface area contributed by atoms with Crippen molar-refractivity contribution in [3.8, 4) is 0 Å². The summed E-state index contributed by atoms with van der Waals surface area (Å²) in [5.41, 5.74) is 4.50. The molecule has 4 heteroatoms. The molecule has 1 atom stereocenters. The average Bonchev–Trinajstić information content (AvgIpc) is 2.40. The van der Waals surface area contributed by atoms with Crippen molar-refractivity contribution in [3.63, 3.8) is 0 Å². The molecule has 0 spiro atoms. The number of aliphatic hydroxyl groups excluding tert-OH is 1. The van der Waals surface area contributed by atoms with Gasteiger partial charge in [-0.15, -0.1) is 0 Å². The van der Waals surface area contributed by atoms with Crippen molar-refractivity contribution in [2.75, 3.05) is 20.1 Å². The fourth-order valence-corrected chi connectivity index (χ4v) is 0.864. The van der Waals surface area contributed by atoms with Crippen LogP contribution in [0.1, 0.15) is 6.42 Å². The number of nitrogens with zero attached hydrogens (tertiary/aromatic N) is 1. The number of carbonyl (C=O) groups is 1. The molecule has 3 N–H and O–H groups in total. The van der Waals surface area contributed by atoms with Gasteiger partial charge in [0.25, 0.3) is 0 Å². The molecule has 1 amide bonds. The van der Waals surface area contributed by atoms with E-state index in [-0.39, 0.29) is 6.10 Å². The Balaban J connectivity index is 0.000000371. The first-order valence-electron chi connectivity index (χ1n) is 3.28. The van der Waals surface area contributed by atoms with Gasteiger partial charge in [0.2, 0.25) is 6.41 Å². The number of likely N-dealkylation sites (tertiary alicyclic amines) is 1. The van der Waals surface area contributed by atoms with E-state index in [0.29, 0.717) is 13.1 Å². The van der Waals surface area contributed by atoms with Gasteiger partial charge < -0.3 is 15.7 Å². The summed E-state index contributed by atoms with van der Waals surface area (Å²) in [5.74, 6) is 0. The summed E-state index contributed by atoms with van der Waals surface area (Å²) in [7, 11) is 1.50. The van der Waals surface area contributed by atoms with Crippen LogP contribution in [-0.2, 0) is 4.79 Å². The van der Waals surface area contributed by atoms with Crippen LogP contribution in [0.5, 0.6) is 0 Å². The van der Waals surface area contributed by atoms with Crippen molar-refractivity contribution >= 4 is 6.41 Å². The maximum atomic E-state index is 9.97. The molecular weight excluding hydrogens is 132 g/mol. The Morgan fingerprint density at radius 1 is 1.70 bits per heavy atom. The van der Waals surface area contributed by atoms with E-state index in [4.69, 9.17) is 5.11 Å². The van der Waals surface area contributed by atoms with E-state index < -0.39 is 0 Å². The van der Waals surface area contributed by atoms with E-state index in [2.05, 4.69) is 5.73 Å². The average molecular weight is 146 g/mol. The molecular formula is C6H14N2O2. The van der Waals surface area contributed by atoms with Crippen LogP contribution in [0.3, 0.4) is 0 Å². The Kier molecular flexibility index (Phi) is 4.88. The zero-order chi connectivity index (χ0) is 7.98. The van der Waals surface area contributed by atoms with Crippen LogP contribution < -0.4 is 5.73 Å². The summed E-state index contributed by atoms with van der Waals surface area (Å²) >= 11 is 0. The maximum Gasteiger partial charge on any atom is 0.209 e. The van der Waals surface area contributed by atoms with E-state index in [9.17, 15) is 4.79 Å². The van der Waals surface area contributed by atoms with Gasteiger partial charge in [0.05, 0.1) is 6.10 Å². The predicted molar refractivity (Wildman–Crippen MR) is 38.4 cm³/mol. The summed E-state index contributed by atoms with van der Waals surface area (Å²) in [6, 6.07) is 0. The molecule has 1 unspecified atom stereocenters. The van der Waals surface area contributed by atoms with Gasteiger partial charge in [-0.1, -0.05) is 0 Å². The van der Waals surface area contributed by atoms with Gasteiger partial charge in [0.1, 0.15) is 0 Å². The van der Waals surface area contributed by atoms with Gasteiger partial charge >= 0.3 is 0 Å². The van der Waals surface area contributed by atoms with Crippen molar-refractivity contribution in [2.45, 2.75) is 12.5 Å². The van der Waals surface area contributed by atoms with Crippen molar-refractivity contribution in [1.29, 1.82) is 0 Å². The van der Waals surface area contributed by atoms with Crippen molar-refractivity contribution < 1.29 is 9.90 Å². The topological polar surface area (TPSA) is 66.6 Å². The minimum absolute atomic E-state index is 0.278. The van der Waals surface area contributed by atoms with E-state index in [0.717, 1.165) is 12.8 Å². The lowest BCUT2D eigenvalue weighted by molar-refractivity contribution is -0.117. The Bertz CT molecular complexity index is 97.7. The first kappa shape index (κ1) is 9.39. The van der Waals surface area contributed by atoms with Gasteiger partial charge in [0.15, 0.2) is 0 Å². The summed E-state index contributed by atoms with van der Waals surface area (Å²) in [5, 5.41) is 8.83. The van der Waals surface area contributed by atoms with Crippen molar-refractivity contribution in [3.05, 3.63) is 0 Å². The second-order valence-corrected chi connectivity index (χ2v) is 2.04. The minimum Gasteiger partial charge on any atom is -0.391 e. The third-order valence-corrected chi connectivity index (χ3v) is 1.34. The summed E-state index contributed by atoms with van der Waals surface area (Å²) in [4.78, 5) is 11.5. The molecule has 1 aliphatic heterocycles. The Morgan fingerprint density at radius 3 is 2.50 bits per heavy atom. The molecule has 60 valence electrons. The highest BCUT2D eigenvalue weighted by atomic mass is 16.3. The second kappa shape index (κ2) is 5.20. The molecule has 0 saturated carbocycles. The van der Waals surface area contributed by atoms with Crippen LogP contribution in [0.2, 0.25) is 0 Å². The highest BCUT2D eigenvalue weighted by Crippen LogP contribution is 2.04. The first-order chi connectivity index (χ1) is 4.83. The third-order valence-electron chi connectivity index (χ3n) is 1.34. The van der Waals surface area contributed by atoms with Crippen molar-refractivity contribution in [1.82, 2.24) is 4.90 Å². The fraction of sp³-hybridized carbons (Fsp3) is 0.833. The zero-order valence-electron chi connectivity index (χ0n) is 6.16. The maximum absolute atomic E-state index is 9.97. The van der Waals surface area contributed by atoms with Crippen LogP contribution in [0, 0.1) is 0 Å². The second-order valence-electron chi connectivity index (χ2n) is 2.04. The largest absolute Gasteiger partial charge is 0.391 e. The summed E-state index contributed by atoms with van der Waals surface area (Å²) < 4.78 is 0. The van der Waals surface area contributed by atoms with Crippen LogP contribution >= 0.6 is 0 Å². The number of β-amino-alcohol motifs (C(OH)–C–C–N with tert-alkyl or cyclic N) is 1. The van der Waals surface area contributed by atoms with Gasteiger partial charge in [-0.25, -0.2) is 0 Å². The summed E-state index contributed by atoms with van der Waals surface area (Å²) in [6.45, 7) is 1.23. The SMILES string of the molecule is CN.O=CN1CCC(O)C1. The van der Waals surface area contributed by atoms with Gasteiger partial charge in [-0.05, 0) is 13.5 Å².